The molecule has 0 aliphatic rings. The van der Waals surface area contributed by atoms with Crippen molar-refractivity contribution in [1.29, 1.82) is 0 Å². The van der Waals surface area contributed by atoms with E-state index in [0.29, 0.717) is 5.70 Å². The summed E-state index contributed by atoms with van der Waals surface area (Å²) in [6, 6.07) is 0. The number of nitrogens with two attached hydrogens (primary N) is 3. The van der Waals surface area contributed by atoms with E-state index in [0.717, 1.165) is 0 Å². The minimum atomic E-state index is -0.262. The van der Waals surface area contributed by atoms with Crippen molar-refractivity contribution in [2.45, 2.75) is 6.92 Å². The zero-order chi connectivity index (χ0) is 10.4. The predicted octanol–water partition coefficient (Wildman–Crippen LogP) is -0.762. The van der Waals surface area contributed by atoms with E-state index in [1.54, 1.807) is 0 Å². The highest BCUT2D eigenvalue weighted by atomic mass is 16.1. The molecule has 0 radical (unpaired) electrons. The Morgan fingerprint density at radius 3 is 2.23 bits per heavy atom. The van der Waals surface area contributed by atoms with E-state index >= 15 is 0 Å². The molecule has 0 aromatic carbocycles. The molecule has 5 nitrogen and oxygen atoms in total. The van der Waals surface area contributed by atoms with E-state index in [9.17, 15) is 4.79 Å². The van der Waals surface area contributed by atoms with Gasteiger partial charge in [0.15, 0.2) is 5.78 Å². The lowest BCUT2D eigenvalue weighted by atomic mass is 10.2. The number of Topliss-reactive ketones (excluding diaryl/α,β-unsaturated/α-hetero) is 1. The highest BCUT2D eigenvalue weighted by Gasteiger charge is 2.03. The van der Waals surface area contributed by atoms with E-state index in [1.807, 2.05) is 0 Å². The molecule has 0 saturated carbocycles. The molecule has 0 aliphatic heterocycles. The van der Waals surface area contributed by atoms with Crippen LogP contribution in [-0.4, -0.2) is 5.78 Å². The number of carbonyl (C=O) groups is 1. The summed E-state index contributed by atoms with van der Waals surface area (Å²) in [5.41, 5.74) is 16.3. The third-order valence-corrected chi connectivity index (χ3v) is 1.24. The van der Waals surface area contributed by atoms with Gasteiger partial charge in [0.2, 0.25) is 0 Å². The summed E-state index contributed by atoms with van der Waals surface area (Å²) >= 11 is 0. The van der Waals surface area contributed by atoms with Gasteiger partial charge in [0.1, 0.15) is 0 Å². The molecule has 0 bridgehead atoms. The molecule has 0 rings (SSSR count). The van der Waals surface area contributed by atoms with Gasteiger partial charge in [0.05, 0.1) is 17.2 Å². The van der Waals surface area contributed by atoms with E-state index in [2.05, 4.69) is 11.9 Å². The lowest BCUT2D eigenvalue weighted by molar-refractivity contribution is -0.113. The minimum Gasteiger partial charge on any atom is -0.394 e. The predicted molar refractivity (Wildman–Crippen MR) is 51.7 cm³/mol. The second kappa shape index (κ2) is 4.87. The molecule has 0 atom stereocenters. The maximum absolute atomic E-state index is 10.9. The molecule has 0 aliphatic carbocycles. The summed E-state index contributed by atoms with van der Waals surface area (Å²) in [4.78, 5) is 10.9. The molecule has 0 unspecified atom stereocenters. The van der Waals surface area contributed by atoms with E-state index in [-0.39, 0.29) is 17.3 Å². The van der Waals surface area contributed by atoms with Crippen LogP contribution in [0.15, 0.2) is 36.1 Å². The number of nitrogens with one attached hydrogen (secondary N) is 1. The summed E-state index contributed by atoms with van der Waals surface area (Å²) in [6.07, 6.45) is 2.74. The lowest BCUT2D eigenvalue weighted by Crippen LogP contribution is -2.19. The van der Waals surface area contributed by atoms with Crippen molar-refractivity contribution in [3.8, 4) is 0 Å². The fourth-order valence-electron chi connectivity index (χ4n) is 0.663. The Bertz CT molecular complexity index is 274. The lowest BCUT2D eigenvalue weighted by Gasteiger charge is -2.05. The third-order valence-electron chi connectivity index (χ3n) is 1.24. The number of hydrogen-bond donors (Lipinski definition) is 4. The van der Waals surface area contributed by atoms with Gasteiger partial charge in [-0.25, -0.2) is 0 Å². The summed E-state index contributed by atoms with van der Waals surface area (Å²) in [5.74, 6) is -0.199. The molecule has 0 aromatic rings. The summed E-state index contributed by atoms with van der Waals surface area (Å²) in [5, 5.41) is 2.66. The monoisotopic (exact) mass is 182 g/mol. The molecule has 0 spiro atoms. The average Bonchev–Trinajstić information content (AvgIpc) is 2.01. The van der Waals surface area contributed by atoms with Gasteiger partial charge in [-0.2, -0.15) is 0 Å². The maximum Gasteiger partial charge on any atom is 0.177 e. The van der Waals surface area contributed by atoms with E-state index in [1.165, 1.54) is 19.2 Å². The molecule has 5 heteroatoms. The van der Waals surface area contributed by atoms with E-state index < -0.39 is 0 Å². The Labute approximate surface area is 77.0 Å². The summed E-state index contributed by atoms with van der Waals surface area (Å²) in [7, 11) is 0. The molecule has 13 heavy (non-hydrogen) atoms. The largest absolute Gasteiger partial charge is 0.394 e. The highest BCUT2D eigenvalue weighted by molar-refractivity contribution is 5.93. The van der Waals surface area contributed by atoms with Crippen molar-refractivity contribution in [2.75, 3.05) is 0 Å². The van der Waals surface area contributed by atoms with Gasteiger partial charge in [-0.05, 0) is 6.20 Å². The number of carbonyl (C=O) groups excluding carboxylic acids is 1. The smallest absolute Gasteiger partial charge is 0.177 e. The van der Waals surface area contributed by atoms with Crippen LogP contribution < -0.4 is 22.5 Å². The fourth-order valence-corrected chi connectivity index (χ4v) is 0.663. The first-order valence-electron chi connectivity index (χ1n) is 3.59. The van der Waals surface area contributed by atoms with Crippen LogP contribution in [0, 0.1) is 0 Å². The van der Waals surface area contributed by atoms with Gasteiger partial charge < -0.3 is 22.5 Å². The quantitative estimate of drug-likeness (QED) is 0.337. The van der Waals surface area contributed by atoms with Crippen molar-refractivity contribution in [3.63, 3.8) is 0 Å². The zero-order valence-corrected chi connectivity index (χ0v) is 7.50. The van der Waals surface area contributed by atoms with Crippen molar-refractivity contribution >= 4 is 5.78 Å². The normalized spacial score (nSPS) is 11.2. The molecule has 72 valence electrons. The van der Waals surface area contributed by atoms with Gasteiger partial charge in [-0.3, -0.25) is 4.79 Å². The Balaban J connectivity index is 4.99. The first-order valence-corrected chi connectivity index (χ1v) is 3.59. The van der Waals surface area contributed by atoms with Crippen LogP contribution in [0.25, 0.3) is 0 Å². The SMILES string of the molecule is C=CN/C(C=C(N)N)=C(\N)C(C)=O. The number of allylic oxidation sites excluding steroid dienone is 2. The molecule has 0 heterocycles. The van der Waals surface area contributed by atoms with Crippen LogP contribution >= 0.6 is 0 Å². The van der Waals surface area contributed by atoms with Crippen LogP contribution in [0.3, 0.4) is 0 Å². The average molecular weight is 182 g/mol. The first-order chi connectivity index (χ1) is 5.99. The summed E-state index contributed by atoms with van der Waals surface area (Å²) in [6.45, 7) is 4.77. The van der Waals surface area contributed by atoms with Gasteiger partial charge in [0.25, 0.3) is 0 Å². The Morgan fingerprint density at radius 2 is 1.92 bits per heavy atom. The molecule has 0 fully saturated rings. The molecular formula is C8H14N4O. The van der Waals surface area contributed by atoms with Crippen LogP contribution in [-0.2, 0) is 4.79 Å². The highest BCUT2D eigenvalue weighted by Crippen LogP contribution is 1.98. The Hall–Kier alpha value is -1.91. The Kier molecular flexibility index (Phi) is 4.15. The van der Waals surface area contributed by atoms with Gasteiger partial charge in [-0.1, -0.05) is 6.58 Å². The molecular weight excluding hydrogens is 168 g/mol. The molecule has 7 N–H and O–H groups in total. The van der Waals surface area contributed by atoms with Gasteiger partial charge >= 0.3 is 0 Å². The van der Waals surface area contributed by atoms with Crippen molar-refractivity contribution in [1.82, 2.24) is 5.32 Å². The third kappa shape index (κ3) is 3.85. The van der Waals surface area contributed by atoms with Crippen LogP contribution in [0.2, 0.25) is 0 Å². The topological polar surface area (TPSA) is 107 Å². The van der Waals surface area contributed by atoms with Gasteiger partial charge in [-0.15, -0.1) is 0 Å². The second-order valence-corrected chi connectivity index (χ2v) is 2.38. The van der Waals surface area contributed by atoms with Crippen LogP contribution in [0.4, 0.5) is 0 Å². The molecule has 0 saturated heterocycles. The maximum atomic E-state index is 10.9. The molecule has 0 amide bonds. The number of rotatable bonds is 4. The van der Waals surface area contributed by atoms with Crippen molar-refractivity contribution < 1.29 is 4.79 Å². The number of ketones is 1. The Morgan fingerprint density at radius 1 is 1.38 bits per heavy atom. The molecule has 0 aromatic heterocycles. The van der Waals surface area contributed by atoms with Gasteiger partial charge in [0, 0.05) is 13.0 Å². The number of hydrogen-bond acceptors (Lipinski definition) is 5. The van der Waals surface area contributed by atoms with E-state index in [4.69, 9.17) is 17.2 Å². The minimum absolute atomic E-state index is 0.0632. The zero-order valence-electron chi connectivity index (χ0n) is 7.50. The first kappa shape index (κ1) is 11.1. The summed E-state index contributed by atoms with van der Waals surface area (Å²) < 4.78 is 0. The van der Waals surface area contributed by atoms with Crippen molar-refractivity contribution in [2.24, 2.45) is 17.2 Å². The second-order valence-electron chi connectivity index (χ2n) is 2.38. The van der Waals surface area contributed by atoms with Crippen molar-refractivity contribution in [3.05, 3.63) is 36.1 Å². The van der Waals surface area contributed by atoms with Crippen LogP contribution in [0.5, 0.6) is 0 Å². The van der Waals surface area contributed by atoms with Crippen LogP contribution in [0.1, 0.15) is 6.92 Å². The fraction of sp³-hybridized carbons (Fsp3) is 0.125. The standard InChI is InChI=1S/C8H14N4O/c1-3-12-6(4-7(9)10)8(11)5(2)13/h3-4,12H,1,9-11H2,2H3/b8-6-.